The number of aryl methyl sites for hydroxylation is 1. The second kappa shape index (κ2) is 13.9. The number of carbonyl (C=O) groups excluding carboxylic acids is 2. The number of methoxy groups -OCH3 is 1. The van der Waals surface area contributed by atoms with Crippen LogP contribution in [0.3, 0.4) is 0 Å². The van der Waals surface area contributed by atoms with Crippen molar-refractivity contribution < 1.29 is 19.4 Å². The Balaban J connectivity index is 1.42. The fraction of sp³-hybridized carbons (Fsp3) is 0.448. The van der Waals surface area contributed by atoms with Crippen LogP contribution in [0.15, 0.2) is 54.6 Å². The average molecular weight is 494 g/mol. The van der Waals surface area contributed by atoms with Gasteiger partial charge >= 0.3 is 5.97 Å². The Bertz CT molecular complexity index is 1050. The fourth-order valence-electron chi connectivity index (χ4n) is 4.21. The van der Waals surface area contributed by atoms with E-state index in [1.807, 2.05) is 18.2 Å². The van der Waals surface area contributed by atoms with E-state index in [4.69, 9.17) is 4.74 Å². The normalized spacial score (nSPS) is 17.3. The molecule has 6 heteroatoms. The maximum absolute atomic E-state index is 12.3. The van der Waals surface area contributed by atoms with Gasteiger partial charge in [-0.25, -0.2) is 4.79 Å². The van der Waals surface area contributed by atoms with E-state index in [1.165, 1.54) is 30.4 Å². The van der Waals surface area contributed by atoms with E-state index in [1.54, 1.807) is 17.0 Å². The summed E-state index contributed by atoms with van der Waals surface area (Å²) in [6.45, 7) is 2.41. The van der Waals surface area contributed by atoms with Crippen molar-refractivity contribution in [1.82, 2.24) is 4.90 Å². The molecule has 2 heterocycles. The molecular formula is C29H35NO4S. The minimum absolute atomic E-state index is 0.0431. The van der Waals surface area contributed by atoms with E-state index in [-0.39, 0.29) is 23.8 Å². The predicted octanol–water partition coefficient (Wildman–Crippen LogP) is 5.23. The molecule has 1 aromatic carbocycles. The Kier molecular flexibility index (Phi) is 10.6. The molecule has 1 unspecified atom stereocenters. The number of hydrogen-bond donors (Lipinski definition) is 1. The van der Waals surface area contributed by atoms with E-state index in [9.17, 15) is 14.7 Å². The number of aliphatic hydroxyl groups is 1. The topological polar surface area (TPSA) is 66.8 Å². The molecule has 2 aromatic rings. The van der Waals surface area contributed by atoms with E-state index >= 15 is 0 Å². The van der Waals surface area contributed by atoms with Gasteiger partial charge in [-0.2, -0.15) is 0 Å². The maximum atomic E-state index is 12.3. The zero-order valence-corrected chi connectivity index (χ0v) is 21.4. The molecule has 0 aliphatic carbocycles. The summed E-state index contributed by atoms with van der Waals surface area (Å²) >= 11 is 1.28. The average Bonchev–Trinajstić information content (AvgIpc) is 3.49. The number of ether oxygens (including phenoxy) is 1. The second-order valence-electron chi connectivity index (χ2n) is 9.02. The molecule has 1 N–H and O–H groups in total. The van der Waals surface area contributed by atoms with Gasteiger partial charge in [0.15, 0.2) is 0 Å². The Hall–Kier alpha value is -2.88. The van der Waals surface area contributed by atoms with Crippen LogP contribution in [0.5, 0.6) is 0 Å². The summed E-state index contributed by atoms with van der Waals surface area (Å²) in [7, 11) is 1.35. The summed E-state index contributed by atoms with van der Waals surface area (Å²) in [6, 6.07) is 14.0. The monoisotopic (exact) mass is 493 g/mol. The summed E-state index contributed by atoms with van der Waals surface area (Å²) in [5.41, 5.74) is 1.38. The third-order valence-corrected chi connectivity index (χ3v) is 7.39. The molecule has 3 rings (SSSR count). The molecule has 1 aliphatic heterocycles. The summed E-state index contributed by atoms with van der Waals surface area (Å²) < 4.78 is 4.72. The van der Waals surface area contributed by atoms with Crippen molar-refractivity contribution in [2.24, 2.45) is 5.92 Å². The molecule has 0 spiro atoms. The molecule has 1 saturated heterocycles. The zero-order chi connectivity index (χ0) is 25.0. The highest BCUT2D eigenvalue weighted by Crippen LogP contribution is 2.22. The number of carbonyl (C=O) groups is 2. The van der Waals surface area contributed by atoms with Gasteiger partial charge in [0.2, 0.25) is 5.91 Å². The lowest BCUT2D eigenvalue weighted by Gasteiger charge is -2.21. The number of aliphatic hydroxyl groups excluding tert-OH is 1. The molecular weight excluding hydrogens is 458 g/mol. The van der Waals surface area contributed by atoms with E-state index < -0.39 is 6.10 Å². The smallest absolute Gasteiger partial charge is 0.348 e. The van der Waals surface area contributed by atoms with Crippen molar-refractivity contribution in [2.45, 2.75) is 64.0 Å². The Labute approximate surface area is 212 Å². The van der Waals surface area contributed by atoms with Crippen LogP contribution in [0.1, 0.15) is 65.6 Å². The number of thiophene rings is 1. The van der Waals surface area contributed by atoms with Crippen LogP contribution in [0.2, 0.25) is 0 Å². The Morgan fingerprint density at radius 1 is 1.23 bits per heavy atom. The third kappa shape index (κ3) is 8.38. The van der Waals surface area contributed by atoms with Gasteiger partial charge < -0.3 is 14.7 Å². The fourth-order valence-corrected chi connectivity index (χ4v) is 5.01. The van der Waals surface area contributed by atoms with Crippen LogP contribution >= 0.6 is 11.3 Å². The van der Waals surface area contributed by atoms with Crippen molar-refractivity contribution in [3.05, 3.63) is 69.9 Å². The molecule has 1 fully saturated rings. The molecule has 3 atom stereocenters. The first-order chi connectivity index (χ1) is 17.0. The van der Waals surface area contributed by atoms with Crippen LogP contribution in [-0.2, 0) is 16.0 Å². The molecule has 0 bridgehead atoms. The minimum atomic E-state index is -0.518. The van der Waals surface area contributed by atoms with E-state index in [2.05, 4.69) is 43.0 Å². The van der Waals surface area contributed by atoms with Gasteiger partial charge in [-0.15, -0.1) is 11.3 Å². The van der Waals surface area contributed by atoms with E-state index in [0.717, 1.165) is 37.0 Å². The third-order valence-electron chi connectivity index (χ3n) is 6.41. The lowest BCUT2D eigenvalue weighted by molar-refractivity contribution is -0.127. The lowest BCUT2D eigenvalue weighted by Crippen LogP contribution is -2.32. The first-order valence-electron chi connectivity index (χ1n) is 12.3. The van der Waals surface area contributed by atoms with Crippen LogP contribution < -0.4 is 0 Å². The molecule has 1 aliphatic rings. The van der Waals surface area contributed by atoms with Crippen LogP contribution in [0.25, 0.3) is 0 Å². The van der Waals surface area contributed by atoms with Crippen LogP contribution in [-0.4, -0.2) is 47.7 Å². The van der Waals surface area contributed by atoms with Crippen molar-refractivity contribution in [3.8, 4) is 11.8 Å². The predicted molar refractivity (Wildman–Crippen MR) is 140 cm³/mol. The lowest BCUT2D eigenvalue weighted by atomic mass is 9.95. The Morgan fingerprint density at radius 2 is 2.03 bits per heavy atom. The first-order valence-corrected chi connectivity index (χ1v) is 13.2. The highest BCUT2D eigenvalue weighted by atomic mass is 32.1. The number of unbranched alkanes of at least 4 members (excludes halogenated alkanes) is 2. The van der Waals surface area contributed by atoms with E-state index in [0.29, 0.717) is 17.8 Å². The molecule has 35 heavy (non-hydrogen) atoms. The second-order valence-corrected chi connectivity index (χ2v) is 10.1. The molecule has 0 radical (unpaired) electrons. The summed E-state index contributed by atoms with van der Waals surface area (Å²) in [4.78, 5) is 26.9. The highest BCUT2D eigenvalue weighted by molar-refractivity contribution is 7.14. The number of likely N-dealkylation sites (tertiary alicyclic amines) is 1. The number of rotatable bonds is 11. The van der Waals surface area contributed by atoms with Crippen molar-refractivity contribution in [3.63, 3.8) is 0 Å². The van der Waals surface area contributed by atoms with Crippen molar-refractivity contribution in [2.75, 3.05) is 13.7 Å². The molecule has 1 aromatic heterocycles. The highest BCUT2D eigenvalue weighted by Gasteiger charge is 2.28. The standard InChI is InChI=1S/C29H35NO4S/c1-22(10-5-3-6-11-23-12-7-4-8-13-23)26(31)18-15-24-16-20-28(32)30(24)21-9-14-25-17-19-27(35-25)29(33)34-2/h4,7-8,12-13,15,17-19,22,24,26,31H,3,5-6,10-11,16,20-21H2,1-2H3/t22-,24?,26+/m0/s1. The minimum Gasteiger partial charge on any atom is -0.465 e. The largest absolute Gasteiger partial charge is 0.465 e. The van der Waals surface area contributed by atoms with Crippen molar-refractivity contribution >= 4 is 23.2 Å². The molecule has 1 amide bonds. The first kappa shape index (κ1) is 26.7. The van der Waals surface area contributed by atoms with Crippen molar-refractivity contribution in [1.29, 1.82) is 0 Å². The maximum Gasteiger partial charge on any atom is 0.348 e. The number of hydrogen-bond acceptors (Lipinski definition) is 5. The number of benzene rings is 1. The number of amides is 1. The van der Waals surface area contributed by atoms with Gasteiger partial charge in [-0.05, 0) is 49.3 Å². The van der Waals surface area contributed by atoms with Gasteiger partial charge in [-0.1, -0.05) is 74.1 Å². The Morgan fingerprint density at radius 3 is 2.80 bits per heavy atom. The van der Waals surface area contributed by atoms with Gasteiger partial charge in [-0.3, -0.25) is 4.79 Å². The molecule has 0 saturated carbocycles. The zero-order valence-electron chi connectivity index (χ0n) is 20.6. The van der Waals surface area contributed by atoms with Crippen LogP contribution in [0.4, 0.5) is 0 Å². The molecule has 186 valence electrons. The molecule has 5 nitrogen and oxygen atoms in total. The van der Waals surface area contributed by atoms with Crippen LogP contribution in [0, 0.1) is 17.8 Å². The summed E-state index contributed by atoms with van der Waals surface area (Å²) in [6.07, 6.45) is 10.0. The quantitative estimate of drug-likeness (QED) is 0.201. The van der Waals surface area contributed by atoms with Gasteiger partial charge in [0.25, 0.3) is 0 Å². The van der Waals surface area contributed by atoms with Gasteiger partial charge in [0.05, 0.1) is 30.7 Å². The van der Waals surface area contributed by atoms with Gasteiger partial charge in [0.1, 0.15) is 4.88 Å². The number of nitrogens with zero attached hydrogens (tertiary/aromatic N) is 1. The summed E-state index contributed by atoms with van der Waals surface area (Å²) in [5.74, 6) is 5.97. The number of esters is 1. The van der Waals surface area contributed by atoms with Gasteiger partial charge in [0, 0.05) is 6.42 Å². The summed E-state index contributed by atoms with van der Waals surface area (Å²) in [5, 5.41) is 10.6. The SMILES string of the molecule is COC(=O)c1ccc(C#CCN2C(=O)CCC2C=C[C@@H](O)[C@@H](C)CCCCCc2ccccc2)s1.